The molecule has 0 bridgehead atoms. The van der Waals surface area contributed by atoms with Gasteiger partial charge in [0.15, 0.2) is 0 Å². The van der Waals surface area contributed by atoms with Crippen LogP contribution in [0.25, 0.3) is 11.3 Å². The van der Waals surface area contributed by atoms with E-state index in [1.54, 1.807) is 24.3 Å². The van der Waals surface area contributed by atoms with Crippen molar-refractivity contribution in [2.45, 2.75) is 10.8 Å². The summed E-state index contributed by atoms with van der Waals surface area (Å²) in [5.41, 5.74) is 4.29. The number of rotatable bonds is 9. The number of aromatic nitrogens is 2. The lowest BCUT2D eigenvalue weighted by Gasteiger charge is -2.16. The Morgan fingerprint density at radius 1 is 1.16 bits per heavy atom. The summed E-state index contributed by atoms with van der Waals surface area (Å²) in [7, 11) is 6.00. The summed E-state index contributed by atoms with van der Waals surface area (Å²) in [4.78, 5) is 14.6. The smallest absolute Gasteiger partial charge is 0.323 e. The molecule has 0 aliphatic rings. The summed E-state index contributed by atoms with van der Waals surface area (Å²) in [5, 5.41) is 10.7. The maximum atomic E-state index is 12.5. The van der Waals surface area contributed by atoms with Gasteiger partial charge >= 0.3 is 6.03 Å². The van der Waals surface area contributed by atoms with Crippen LogP contribution in [0, 0.1) is 0 Å². The summed E-state index contributed by atoms with van der Waals surface area (Å²) in [6.07, 6.45) is 2.78. The van der Waals surface area contributed by atoms with Crippen molar-refractivity contribution < 1.29 is 9.53 Å². The molecule has 1 aromatic heterocycles. The van der Waals surface area contributed by atoms with Gasteiger partial charge in [-0.2, -0.15) is 5.10 Å². The van der Waals surface area contributed by atoms with E-state index in [4.69, 9.17) is 16.3 Å². The molecule has 0 unspecified atom stereocenters. The monoisotopic (exact) mass is 567 g/mol. The van der Waals surface area contributed by atoms with E-state index >= 15 is 0 Å². The molecule has 2 N–H and O–H groups in total. The predicted molar refractivity (Wildman–Crippen MR) is 139 cm³/mol. The molecule has 0 radical (unpaired) electrons. The summed E-state index contributed by atoms with van der Waals surface area (Å²) >= 11 is 8.23. The molecular weight excluding hydrogens is 541 g/mol. The summed E-state index contributed by atoms with van der Waals surface area (Å²) in [5.74, 6) is 0.766. The number of carbonyl (C=O) groups is 1. The summed E-state index contributed by atoms with van der Waals surface area (Å²) in [6.45, 7) is 1.55. The second-order valence-electron chi connectivity index (χ2n) is 7.58. The van der Waals surface area contributed by atoms with E-state index < -0.39 is 0 Å². The van der Waals surface area contributed by atoms with Crippen molar-refractivity contribution in [1.82, 2.24) is 14.7 Å². The SMILES string of the molecule is CN(C)CCCOc1ccc(NC(=O)Nc2ccc(Cl)cc2)cc1-c1c(CI)cnn1C. The van der Waals surface area contributed by atoms with Crippen LogP contribution in [0.5, 0.6) is 5.75 Å². The number of aryl methyl sites for hydroxylation is 1. The molecule has 3 aromatic rings. The number of alkyl halides is 1. The van der Waals surface area contributed by atoms with Crippen molar-refractivity contribution in [2.24, 2.45) is 7.05 Å². The fourth-order valence-electron chi connectivity index (χ4n) is 3.24. The molecule has 2 amide bonds. The molecule has 0 aliphatic carbocycles. The van der Waals surface area contributed by atoms with E-state index in [9.17, 15) is 4.79 Å². The van der Waals surface area contributed by atoms with E-state index in [-0.39, 0.29) is 6.03 Å². The van der Waals surface area contributed by atoms with Gasteiger partial charge in [-0.15, -0.1) is 0 Å². The first-order valence-electron chi connectivity index (χ1n) is 10.2. The second-order valence-corrected chi connectivity index (χ2v) is 8.78. The van der Waals surface area contributed by atoms with Crippen LogP contribution in [-0.4, -0.2) is 48.0 Å². The van der Waals surface area contributed by atoms with Crippen molar-refractivity contribution in [1.29, 1.82) is 0 Å². The fraction of sp³-hybridized carbons (Fsp3) is 0.304. The normalized spacial score (nSPS) is 10.9. The van der Waals surface area contributed by atoms with Crippen LogP contribution < -0.4 is 15.4 Å². The van der Waals surface area contributed by atoms with Gasteiger partial charge in [0.1, 0.15) is 5.75 Å². The molecule has 0 saturated carbocycles. The number of hydrogen-bond acceptors (Lipinski definition) is 4. The lowest BCUT2D eigenvalue weighted by atomic mass is 10.1. The minimum Gasteiger partial charge on any atom is -0.493 e. The Morgan fingerprint density at radius 2 is 1.84 bits per heavy atom. The van der Waals surface area contributed by atoms with Crippen LogP contribution in [0.3, 0.4) is 0 Å². The lowest BCUT2D eigenvalue weighted by molar-refractivity contribution is 0.262. The highest BCUT2D eigenvalue weighted by Gasteiger charge is 2.17. The highest BCUT2D eigenvalue weighted by molar-refractivity contribution is 14.1. The third-order valence-electron chi connectivity index (χ3n) is 4.76. The Bertz CT molecular complexity index is 1050. The number of urea groups is 1. The first-order chi connectivity index (χ1) is 15.4. The molecule has 0 atom stereocenters. The number of ether oxygens (including phenoxy) is 1. The third-order valence-corrected chi connectivity index (χ3v) is 5.83. The molecule has 170 valence electrons. The third kappa shape index (κ3) is 6.60. The Labute approximate surface area is 207 Å². The number of anilines is 2. The van der Waals surface area contributed by atoms with Crippen molar-refractivity contribution in [3.8, 4) is 17.0 Å². The van der Waals surface area contributed by atoms with Crippen molar-refractivity contribution in [3.63, 3.8) is 0 Å². The first kappa shape index (κ1) is 24.3. The minimum atomic E-state index is -0.336. The van der Waals surface area contributed by atoms with E-state index in [2.05, 4.69) is 43.2 Å². The van der Waals surface area contributed by atoms with Gasteiger partial charge in [0.05, 0.1) is 18.5 Å². The zero-order chi connectivity index (χ0) is 23.1. The second kappa shape index (κ2) is 11.5. The van der Waals surface area contributed by atoms with Crippen LogP contribution in [0.4, 0.5) is 16.2 Å². The topological polar surface area (TPSA) is 71.4 Å². The summed E-state index contributed by atoms with van der Waals surface area (Å²) < 4.78 is 8.78. The van der Waals surface area contributed by atoms with Crippen molar-refractivity contribution >= 4 is 51.6 Å². The average molecular weight is 568 g/mol. The molecule has 0 spiro atoms. The minimum absolute atomic E-state index is 0.336. The molecule has 7 nitrogen and oxygen atoms in total. The molecule has 1 heterocycles. The zero-order valence-electron chi connectivity index (χ0n) is 18.4. The van der Waals surface area contributed by atoms with Crippen molar-refractivity contribution in [3.05, 3.63) is 59.2 Å². The molecule has 32 heavy (non-hydrogen) atoms. The van der Waals surface area contributed by atoms with Gasteiger partial charge in [0.25, 0.3) is 0 Å². The van der Waals surface area contributed by atoms with Crippen LogP contribution in [-0.2, 0) is 11.5 Å². The first-order valence-corrected chi connectivity index (χ1v) is 12.1. The van der Waals surface area contributed by atoms with Crippen LogP contribution in [0.2, 0.25) is 5.02 Å². The van der Waals surface area contributed by atoms with Gasteiger partial charge in [-0.25, -0.2) is 4.79 Å². The number of nitrogens with one attached hydrogen (secondary N) is 2. The Balaban J connectivity index is 1.82. The van der Waals surface area contributed by atoms with E-state index in [0.29, 0.717) is 23.0 Å². The van der Waals surface area contributed by atoms with Crippen LogP contribution in [0.15, 0.2) is 48.7 Å². The molecule has 0 fully saturated rings. The molecule has 3 rings (SSSR count). The number of nitrogens with zero attached hydrogens (tertiary/aromatic N) is 3. The van der Waals surface area contributed by atoms with Gasteiger partial charge in [-0.05, 0) is 63.0 Å². The average Bonchev–Trinajstić information content (AvgIpc) is 3.13. The fourth-order valence-corrected chi connectivity index (χ4v) is 3.92. The lowest BCUT2D eigenvalue weighted by Crippen LogP contribution is -2.19. The van der Waals surface area contributed by atoms with Gasteiger partial charge in [-0.3, -0.25) is 4.68 Å². The summed E-state index contributed by atoms with van der Waals surface area (Å²) in [6, 6.07) is 12.3. The number of hydrogen-bond donors (Lipinski definition) is 2. The standard InChI is InChI=1S/C23H27ClIN5O2/c1-29(2)11-4-12-32-21-10-9-19(13-20(21)22-16(14-25)15-26-30(22)3)28-23(31)27-18-7-5-17(24)6-8-18/h5-10,13,15H,4,11-12,14H2,1-3H3,(H2,27,28,31). The number of amides is 2. The number of carbonyl (C=O) groups excluding carboxylic acids is 1. The predicted octanol–water partition coefficient (Wildman–Crippen LogP) is 5.65. The Kier molecular flexibility index (Phi) is 8.77. The van der Waals surface area contributed by atoms with E-state index in [1.165, 1.54) is 0 Å². The van der Waals surface area contributed by atoms with E-state index in [1.807, 2.05) is 50.2 Å². The van der Waals surface area contributed by atoms with Gasteiger partial charge in [-0.1, -0.05) is 34.2 Å². The molecular formula is C23H27ClIN5O2. The Hall–Kier alpha value is -2.30. The van der Waals surface area contributed by atoms with Crippen LogP contribution >= 0.6 is 34.2 Å². The molecule has 9 heteroatoms. The largest absolute Gasteiger partial charge is 0.493 e. The van der Waals surface area contributed by atoms with Crippen LogP contribution in [0.1, 0.15) is 12.0 Å². The molecule has 0 aliphatic heterocycles. The maximum Gasteiger partial charge on any atom is 0.323 e. The zero-order valence-corrected chi connectivity index (χ0v) is 21.3. The maximum absolute atomic E-state index is 12.5. The highest BCUT2D eigenvalue weighted by atomic mass is 127. The quantitative estimate of drug-likeness (QED) is 0.199. The molecule has 0 saturated heterocycles. The van der Waals surface area contributed by atoms with Gasteiger partial charge < -0.3 is 20.3 Å². The van der Waals surface area contributed by atoms with Crippen molar-refractivity contribution in [2.75, 3.05) is 37.9 Å². The van der Waals surface area contributed by atoms with Gasteiger partial charge in [0, 0.05) is 45.5 Å². The van der Waals surface area contributed by atoms with Gasteiger partial charge in [0.2, 0.25) is 0 Å². The number of benzene rings is 2. The number of halogens is 2. The van der Waals surface area contributed by atoms with E-state index in [0.717, 1.165) is 40.0 Å². The molecule has 2 aromatic carbocycles. The Morgan fingerprint density at radius 3 is 2.53 bits per heavy atom. The highest BCUT2D eigenvalue weighted by Crippen LogP contribution is 2.35.